The molecule has 0 aliphatic carbocycles. The van der Waals surface area contributed by atoms with Crippen molar-refractivity contribution in [3.05, 3.63) is 170 Å². The zero-order valence-corrected chi connectivity index (χ0v) is 47.7. The zero-order chi connectivity index (χ0) is 54.3. The quantitative estimate of drug-likeness (QED) is 0.0261. The summed E-state index contributed by atoms with van der Waals surface area (Å²) in [5.41, 5.74) is 0. The summed E-state index contributed by atoms with van der Waals surface area (Å²) in [7, 11) is 0. The van der Waals surface area contributed by atoms with Crippen LogP contribution in [-0.4, -0.2) is 37.2 Å². The number of unbranched alkanes of at least 4 members (excludes halogenated alkanes) is 12. The SMILES string of the molecule is CC/C=C\C/C=C\C/C=C\C/C=C\C/C=C\C/C=C\C/C=C\CCCC(=O)OCC(COC(=O)CCCCCCCCC/C=C\C/C=C\C/C=C\CC)OC(=O)CCCCCC/C=C\C/C=C\C/C=C\C/C=C\CC. The van der Waals surface area contributed by atoms with E-state index in [4.69, 9.17) is 14.2 Å². The molecule has 0 heterocycles. The molecule has 418 valence electrons. The largest absolute Gasteiger partial charge is 0.462 e. The molecule has 6 nitrogen and oxygen atoms in total. The lowest BCUT2D eigenvalue weighted by atomic mass is 10.1. The fourth-order valence-corrected chi connectivity index (χ4v) is 7.38. The third-order valence-corrected chi connectivity index (χ3v) is 11.7. The molecule has 0 aromatic carbocycles. The molecular formula is C69H106O6. The number of carbonyl (C=O) groups excluding carboxylic acids is 3. The smallest absolute Gasteiger partial charge is 0.306 e. The fourth-order valence-electron chi connectivity index (χ4n) is 7.38. The van der Waals surface area contributed by atoms with Gasteiger partial charge in [-0.15, -0.1) is 0 Å². The van der Waals surface area contributed by atoms with Gasteiger partial charge in [0.1, 0.15) is 13.2 Å². The van der Waals surface area contributed by atoms with Crippen LogP contribution in [0.4, 0.5) is 0 Å². The lowest BCUT2D eigenvalue weighted by Crippen LogP contribution is -2.30. The van der Waals surface area contributed by atoms with Crippen molar-refractivity contribution in [2.75, 3.05) is 13.2 Å². The van der Waals surface area contributed by atoms with Crippen LogP contribution in [0.5, 0.6) is 0 Å². The second-order valence-electron chi connectivity index (χ2n) is 18.8. The lowest BCUT2D eigenvalue weighted by molar-refractivity contribution is -0.167. The predicted octanol–water partition coefficient (Wildman–Crippen LogP) is 20.3. The Labute approximate surface area is 460 Å². The summed E-state index contributed by atoms with van der Waals surface area (Å²) in [5, 5.41) is 0. The molecule has 0 fully saturated rings. The molecule has 6 heteroatoms. The summed E-state index contributed by atoms with van der Waals surface area (Å²) in [6, 6.07) is 0. The zero-order valence-electron chi connectivity index (χ0n) is 47.7. The second-order valence-corrected chi connectivity index (χ2v) is 18.8. The maximum atomic E-state index is 12.9. The summed E-state index contributed by atoms with van der Waals surface area (Å²) in [4.78, 5) is 38.2. The molecule has 0 aromatic rings. The first kappa shape index (κ1) is 69.8. The second kappa shape index (κ2) is 61.3. The van der Waals surface area contributed by atoms with E-state index in [-0.39, 0.29) is 44.0 Å². The Kier molecular flexibility index (Phi) is 57.0. The highest BCUT2D eigenvalue weighted by molar-refractivity contribution is 5.71. The van der Waals surface area contributed by atoms with Crippen LogP contribution in [0, 0.1) is 0 Å². The maximum absolute atomic E-state index is 12.9. The first-order valence-electron chi connectivity index (χ1n) is 29.6. The van der Waals surface area contributed by atoms with Crippen molar-refractivity contribution < 1.29 is 28.6 Å². The molecule has 0 aliphatic rings. The average molecular weight is 1030 g/mol. The highest BCUT2D eigenvalue weighted by atomic mass is 16.6. The minimum Gasteiger partial charge on any atom is -0.462 e. The van der Waals surface area contributed by atoms with Gasteiger partial charge in [0.25, 0.3) is 0 Å². The van der Waals surface area contributed by atoms with Gasteiger partial charge in [-0.1, -0.05) is 236 Å². The molecule has 0 bridgehead atoms. The molecule has 0 amide bonds. The van der Waals surface area contributed by atoms with Crippen LogP contribution in [-0.2, 0) is 28.6 Å². The number of esters is 3. The van der Waals surface area contributed by atoms with Gasteiger partial charge in [-0.05, 0) is 141 Å². The monoisotopic (exact) mass is 1030 g/mol. The Morgan fingerprint density at radius 3 is 0.800 bits per heavy atom. The molecule has 0 rings (SSSR count). The minimum atomic E-state index is -0.830. The summed E-state index contributed by atoms with van der Waals surface area (Å²) >= 11 is 0. The third-order valence-electron chi connectivity index (χ3n) is 11.7. The number of ether oxygens (including phenoxy) is 3. The van der Waals surface area contributed by atoms with Gasteiger partial charge < -0.3 is 14.2 Å². The summed E-state index contributed by atoms with van der Waals surface area (Å²) in [5.74, 6) is -1.02. The van der Waals surface area contributed by atoms with Crippen molar-refractivity contribution >= 4 is 17.9 Å². The van der Waals surface area contributed by atoms with E-state index in [0.717, 1.165) is 154 Å². The Bertz CT molecular complexity index is 1750. The first-order chi connectivity index (χ1) is 37.0. The van der Waals surface area contributed by atoms with Crippen LogP contribution in [0.2, 0.25) is 0 Å². The van der Waals surface area contributed by atoms with E-state index in [0.29, 0.717) is 12.8 Å². The van der Waals surface area contributed by atoms with E-state index >= 15 is 0 Å². The van der Waals surface area contributed by atoms with E-state index in [2.05, 4.69) is 191 Å². The van der Waals surface area contributed by atoms with Crippen molar-refractivity contribution in [2.45, 2.75) is 232 Å². The number of hydrogen-bond donors (Lipinski definition) is 0. The van der Waals surface area contributed by atoms with E-state index in [1.54, 1.807) is 0 Å². The third kappa shape index (κ3) is 59.5. The van der Waals surface area contributed by atoms with Gasteiger partial charge in [-0.3, -0.25) is 14.4 Å². The van der Waals surface area contributed by atoms with Crippen molar-refractivity contribution in [3.63, 3.8) is 0 Å². The van der Waals surface area contributed by atoms with E-state index < -0.39 is 6.10 Å². The fraction of sp³-hybridized carbons (Fsp3) is 0.551. The first-order valence-corrected chi connectivity index (χ1v) is 29.6. The molecule has 0 aromatic heterocycles. The summed E-state index contributed by atoms with van der Waals surface area (Å²) in [6.45, 7) is 6.21. The minimum absolute atomic E-state index is 0.120. The van der Waals surface area contributed by atoms with Crippen molar-refractivity contribution in [3.8, 4) is 0 Å². The van der Waals surface area contributed by atoms with Crippen LogP contribution in [0.15, 0.2) is 170 Å². The average Bonchev–Trinajstić information content (AvgIpc) is 3.41. The molecule has 0 radical (unpaired) electrons. The van der Waals surface area contributed by atoms with E-state index in [1.807, 2.05) is 0 Å². The summed E-state index contributed by atoms with van der Waals surface area (Å²) < 4.78 is 16.8. The number of carbonyl (C=O) groups is 3. The van der Waals surface area contributed by atoms with Crippen LogP contribution < -0.4 is 0 Å². The Morgan fingerprint density at radius 2 is 0.493 bits per heavy atom. The molecule has 1 atom stereocenters. The van der Waals surface area contributed by atoms with Crippen LogP contribution in [0.3, 0.4) is 0 Å². The van der Waals surface area contributed by atoms with Crippen LogP contribution in [0.1, 0.15) is 226 Å². The van der Waals surface area contributed by atoms with Gasteiger partial charge in [-0.2, -0.15) is 0 Å². The molecule has 0 spiro atoms. The number of rotatable bonds is 51. The normalized spacial score (nSPS) is 13.4. The lowest BCUT2D eigenvalue weighted by Gasteiger charge is -2.18. The molecule has 1 unspecified atom stereocenters. The summed E-state index contributed by atoms with van der Waals surface area (Å²) in [6.07, 6.45) is 90.6. The van der Waals surface area contributed by atoms with Crippen LogP contribution in [0.25, 0.3) is 0 Å². The topological polar surface area (TPSA) is 78.9 Å². The molecule has 0 aliphatic heterocycles. The van der Waals surface area contributed by atoms with Crippen molar-refractivity contribution in [1.82, 2.24) is 0 Å². The number of allylic oxidation sites excluding steroid dienone is 28. The number of hydrogen-bond acceptors (Lipinski definition) is 6. The Balaban J connectivity index is 4.57. The highest BCUT2D eigenvalue weighted by Gasteiger charge is 2.19. The molecular weight excluding hydrogens is 925 g/mol. The predicted molar refractivity (Wildman–Crippen MR) is 325 cm³/mol. The Morgan fingerprint density at radius 1 is 0.267 bits per heavy atom. The Hall–Kier alpha value is -5.23. The van der Waals surface area contributed by atoms with Gasteiger partial charge in [0.05, 0.1) is 0 Å². The van der Waals surface area contributed by atoms with Crippen molar-refractivity contribution in [1.29, 1.82) is 0 Å². The van der Waals surface area contributed by atoms with Gasteiger partial charge in [0.15, 0.2) is 6.10 Å². The standard InChI is InChI=1S/C69H106O6/c1-4-7-10-13-16-19-22-25-28-31-32-33-34-35-36-39-41-44-47-50-53-56-59-62-68(71)74-65-66(75-69(72)63-60-57-54-51-48-45-42-38-30-27-24-21-18-15-12-9-6-3)64-73-67(70)61-58-55-52-49-46-43-40-37-29-26-23-20-17-14-11-8-5-2/h7-12,16-21,25-30,32-33,35-36,41-42,44-45,50,53,66H,4-6,13-15,22-24,31,34,37-40,43,46-49,51-52,54-65H2,1-3H3/b10-7-,11-8-,12-9-,19-16-,20-17-,21-18-,28-25-,29-26-,30-27-,33-32-,36-35-,44-41-,45-42-,53-50-. The van der Waals surface area contributed by atoms with Crippen LogP contribution >= 0.6 is 0 Å². The molecule has 0 N–H and O–H groups in total. The highest BCUT2D eigenvalue weighted by Crippen LogP contribution is 2.13. The molecule has 0 saturated carbocycles. The van der Waals surface area contributed by atoms with Gasteiger partial charge >= 0.3 is 17.9 Å². The van der Waals surface area contributed by atoms with Gasteiger partial charge in [-0.25, -0.2) is 0 Å². The molecule has 75 heavy (non-hydrogen) atoms. The van der Waals surface area contributed by atoms with E-state index in [9.17, 15) is 14.4 Å². The van der Waals surface area contributed by atoms with Gasteiger partial charge in [0.2, 0.25) is 0 Å². The maximum Gasteiger partial charge on any atom is 0.306 e. The van der Waals surface area contributed by atoms with Crippen molar-refractivity contribution in [2.24, 2.45) is 0 Å². The van der Waals surface area contributed by atoms with E-state index in [1.165, 1.54) is 25.7 Å². The molecule has 0 saturated heterocycles. The van der Waals surface area contributed by atoms with Gasteiger partial charge in [0, 0.05) is 19.3 Å².